The average Bonchev–Trinajstić information content (AvgIpc) is 4.03. The Kier molecular flexibility index (Phi) is 12.7. The molecule has 3 N–H and O–H groups in total. The van der Waals surface area contributed by atoms with Gasteiger partial charge in [-0.25, -0.2) is 9.97 Å². The van der Waals surface area contributed by atoms with E-state index in [0.717, 1.165) is 83.0 Å². The summed E-state index contributed by atoms with van der Waals surface area (Å²) in [5.74, 6) is -1.17. The highest BCUT2D eigenvalue weighted by atomic mass is 16.2. The number of amides is 7. The number of carbonyl (C=O) groups is 7. The van der Waals surface area contributed by atoms with Gasteiger partial charge in [-0.2, -0.15) is 0 Å². The lowest BCUT2D eigenvalue weighted by atomic mass is 9.73. The Hall–Kier alpha value is -6.69. The largest absolute Gasteiger partial charge is 0.382 e. The van der Waals surface area contributed by atoms with Gasteiger partial charge in [-0.1, -0.05) is 24.6 Å². The fourth-order valence-corrected chi connectivity index (χ4v) is 14.4. The first kappa shape index (κ1) is 49.9. The summed E-state index contributed by atoms with van der Waals surface area (Å²) in [5.41, 5.74) is 6.11. The molecule has 4 aromatic rings. The fraction of sp³-hybridized carbons (Fsp3) is 0.576. The Bertz CT molecular complexity index is 3080. The van der Waals surface area contributed by atoms with Crippen molar-refractivity contribution in [3.05, 3.63) is 65.5 Å². The lowest BCUT2D eigenvalue weighted by Gasteiger charge is -2.48. The number of fused-ring (bicyclic) bond motifs is 4. The maximum atomic E-state index is 15.3. The van der Waals surface area contributed by atoms with Gasteiger partial charge in [0.25, 0.3) is 11.8 Å². The Labute approximate surface area is 449 Å². The van der Waals surface area contributed by atoms with Crippen LogP contribution in [0.5, 0.6) is 0 Å². The number of aromatic nitrogens is 3. The van der Waals surface area contributed by atoms with Gasteiger partial charge in [0.2, 0.25) is 29.5 Å². The molecule has 7 amide bonds. The molecule has 3 saturated carbocycles. The number of nitrogens with one attached hydrogen (secondary N) is 3. The highest BCUT2D eigenvalue weighted by molar-refractivity contribution is 6.25. The number of imidazole rings is 1. The number of carbonyl (C=O) groups excluding carboxylic acids is 7. The van der Waals surface area contributed by atoms with Crippen molar-refractivity contribution in [1.29, 1.82) is 0 Å². The van der Waals surface area contributed by atoms with Crippen LogP contribution in [0.4, 0.5) is 17.2 Å². The molecule has 3 aliphatic carbocycles. The zero-order chi connectivity index (χ0) is 52.9. The molecular weight excluding hydrogens is 975 g/mol. The van der Waals surface area contributed by atoms with Crippen LogP contribution in [-0.2, 0) is 29.4 Å². The molecule has 7 fully saturated rings. The van der Waals surface area contributed by atoms with Crippen molar-refractivity contribution >= 4 is 69.6 Å². The molecule has 1 spiro atoms. The van der Waals surface area contributed by atoms with Crippen molar-refractivity contribution in [3.8, 4) is 11.3 Å². The minimum absolute atomic E-state index is 0.0179. The number of piperidine rings is 4. The van der Waals surface area contributed by atoms with Crippen LogP contribution < -0.4 is 20.9 Å². The second-order valence-electron chi connectivity index (χ2n) is 24.0. The summed E-state index contributed by atoms with van der Waals surface area (Å²) in [7, 11) is 0. The molecule has 1 atom stereocenters. The zero-order valence-electron chi connectivity index (χ0n) is 44.4. The molecule has 8 heterocycles. The third kappa shape index (κ3) is 8.76. The standard InChI is InChI=1S/C59H71N11O7/c1-34(2)68-33-60-46-32-45(63-52(51(46)68)62-39-14-15-39)37-11-16-43-48(29-37)69(41-30-40(31-41)65-23-4-3-5-24-65)58(77)59(43)21-27-67(28-22-59)55(74)36-19-25-66(26-20-36)54(73)35-9-12-38(13-10-35)61-44-8-6-7-42-50(44)57(76)70(56(42)75)47-17-18-49(71)64-53(47)72/h6-8,11,16,29,32-36,38-41,47,61H,3-5,9-10,12-15,17-28,30-31H2,1-2H3,(H,62,63)(H,64,71,72)/t35?,38?,40?,41?,47-/m1/s1. The maximum Gasteiger partial charge on any atom is 0.264 e. The summed E-state index contributed by atoms with van der Waals surface area (Å²) >= 11 is 0. The van der Waals surface area contributed by atoms with Gasteiger partial charge in [-0.15, -0.1) is 0 Å². The first-order valence-corrected chi connectivity index (χ1v) is 28.9. The van der Waals surface area contributed by atoms with Crippen molar-refractivity contribution in [2.24, 2.45) is 11.8 Å². The van der Waals surface area contributed by atoms with Gasteiger partial charge in [0, 0.05) is 91.6 Å². The smallest absolute Gasteiger partial charge is 0.264 e. The number of nitrogens with zero attached hydrogens (tertiary/aromatic N) is 8. The molecular formula is C59H71N11O7. The van der Waals surface area contributed by atoms with Gasteiger partial charge < -0.3 is 34.8 Å². The summed E-state index contributed by atoms with van der Waals surface area (Å²) in [6.45, 7) is 8.69. The molecule has 2 aromatic heterocycles. The van der Waals surface area contributed by atoms with Gasteiger partial charge in [-0.3, -0.25) is 43.8 Å². The van der Waals surface area contributed by atoms with Crippen molar-refractivity contribution < 1.29 is 33.6 Å². The molecule has 0 bridgehead atoms. The van der Waals surface area contributed by atoms with Crippen molar-refractivity contribution in [2.45, 2.75) is 165 Å². The van der Waals surface area contributed by atoms with E-state index in [2.05, 4.69) is 68.4 Å². The van der Waals surface area contributed by atoms with Crippen LogP contribution in [0.1, 0.15) is 155 Å². The monoisotopic (exact) mass is 1050 g/mol. The summed E-state index contributed by atoms with van der Waals surface area (Å²) in [5, 5.41) is 9.43. The van der Waals surface area contributed by atoms with Gasteiger partial charge in [0.15, 0.2) is 5.82 Å². The van der Waals surface area contributed by atoms with Gasteiger partial charge >= 0.3 is 0 Å². The topological polar surface area (TPSA) is 202 Å². The number of benzene rings is 2. The van der Waals surface area contributed by atoms with Crippen molar-refractivity contribution in [3.63, 3.8) is 0 Å². The first-order valence-electron chi connectivity index (χ1n) is 28.9. The number of hydrogen-bond donors (Lipinski definition) is 3. The Morgan fingerprint density at radius 3 is 2.10 bits per heavy atom. The highest BCUT2D eigenvalue weighted by Gasteiger charge is 2.56. The quantitative estimate of drug-likeness (QED) is 0.133. The van der Waals surface area contributed by atoms with Crippen LogP contribution in [-0.4, -0.2) is 145 Å². The van der Waals surface area contributed by atoms with Crippen LogP contribution >= 0.6 is 0 Å². The van der Waals surface area contributed by atoms with Crippen LogP contribution in [0, 0.1) is 11.8 Å². The van der Waals surface area contributed by atoms with Gasteiger partial charge in [0.1, 0.15) is 11.6 Å². The lowest BCUT2D eigenvalue weighted by Crippen LogP contribution is -2.58. The highest BCUT2D eigenvalue weighted by Crippen LogP contribution is 2.52. The number of rotatable bonds is 11. The molecule has 2 aromatic carbocycles. The second kappa shape index (κ2) is 19.6. The van der Waals surface area contributed by atoms with E-state index in [1.54, 1.807) is 18.2 Å². The van der Waals surface area contributed by atoms with Crippen LogP contribution in [0.15, 0.2) is 48.8 Å². The molecule has 404 valence electrons. The third-order valence-electron chi connectivity index (χ3n) is 19.1. The van der Waals surface area contributed by atoms with E-state index in [1.807, 2.05) is 16.1 Å². The fourth-order valence-electron chi connectivity index (χ4n) is 14.4. The van der Waals surface area contributed by atoms with Crippen LogP contribution in [0.2, 0.25) is 0 Å². The summed E-state index contributed by atoms with van der Waals surface area (Å²) in [6, 6.07) is 13.9. The molecule has 13 rings (SSSR count). The normalized spacial score (nSPS) is 26.8. The molecule has 4 saturated heterocycles. The van der Waals surface area contributed by atoms with Crippen LogP contribution in [0.3, 0.4) is 0 Å². The number of imide groups is 2. The van der Waals surface area contributed by atoms with Crippen molar-refractivity contribution in [2.75, 3.05) is 54.8 Å². The van der Waals surface area contributed by atoms with E-state index in [9.17, 15) is 28.8 Å². The zero-order valence-corrected chi connectivity index (χ0v) is 44.4. The average molecular weight is 1050 g/mol. The van der Waals surface area contributed by atoms with E-state index in [-0.39, 0.29) is 71.7 Å². The summed E-state index contributed by atoms with van der Waals surface area (Å²) in [6.07, 6.45) is 15.2. The first-order chi connectivity index (χ1) is 37.3. The number of pyridine rings is 1. The third-order valence-corrected chi connectivity index (χ3v) is 19.1. The molecule has 77 heavy (non-hydrogen) atoms. The Morgan fingerprint density at radius 2 is 1.40 bits per heavy atom. The molecule has 0 unspecified atom stereocenters. The minimum Gasteiger partial charge on any atom is -0.382 e. The molecule has 18 heteroatoms. The SMILES string of the molecule is CC(C)n1cnc2cc(-c3ccc4c(c3)N(C3CC(N5CCCCC5)C3)C(=O)C43CCN(C(=O)C4CCN(C(=O)C5CCC(Nc6cccc7c6C(=O)N([C@@H]6CCC(=O)NC6=O)C7=O)CC5)CC4)CC3)nc(NC3CC3)c21. The van der Waals surface area contributed by atoms with E-state index < -0.39 is 35.1 Å². The number of hydrogen-bond acceptors (Lipinski definition) is 12. The summed E-state index contributed by atoms with van der Waals surface area (Å²) < 4.78 is 2.19. The van der Waals surface area contributed by atoms with Crippen molar-refractivity contribution in [1.82, 2.24) is 39.5 Å². The van der Waals surface area contributed by atoms with E-state index in [0.29, 0.717) is 95.3 Å². The van der Waals surface area contributed by atoms with E-state index in [1.165, 1.54) is 19.3 Å². The molecule has 0 radical (unpaired) electrons. The van der Waals surface area contributed by atoms with E-state index >= 15 is 4.79 Å². The maximum absolute atomic E-state index is 15.3. The molecule has 18 nitrogen and oxygen atoms in total. The lowest BCUT2D eigenvalue weighted by molar-refractivity contribution is -0.144. The predicted octanol–water partition coefficient (Wildman–Crippen LogP) is 6.79. The summed E-state index contributed by atoms with van der Waals surface area (Å²) in [4.78, 5) is 115. The minimum atomic E-state index is -1.04. The van der Waals surface area contributed by atoms with Crippen LogP contribution in [0.25, 0.3) is 22.3 Å². The predicted molar refractivity (Wildman–Crippen MR) is 289 cm³/mol. The Balaban J connectivity index is 0.645. The van der Waals surface area contributed by atoms with Gasteiger partial charge in [0.05, 0.1) is 34.1 Å². The van der Waals surface area contributed by atoms with Gasteiger partial charge in [-0.05, 0) is 153 Å². The second-order valence-corrected chi connectivity index (χ2v) is 24.0. The van der Waals surface area contributed by atoms with E-state index in [4.69, 9.17) is 9.97 Å². The number of anilines is 3. The molecule has 9 aliphatic rings. The molecule has 6 aliphatic heterocycles. The number of likely N-dealkylation sites (tertiary alicyclic amines) is 3. The Morgan fingerprint density at radius 1 is 0.714 bits per heavy atom.